The lowest BCUT2D eigenvalue weighted by Crippen LogP contribution is -2.48. The van der Waals surface area contributed by atoms with Crippen LogP contribution in [0.1, 0.15) is 20.3 Å². The highest BCUT2D eigenvalue weighted by Gasteiger charge is 2.45. The van der Waals surface area contributed by atoms with Gasteiger partial charge in [0.15, 0.2) is 0 Å². The van der Waals surface area contributed by atoms with Gasteiger partial charge in [0.1, 0.15) is 12.1 Å². The van der Waals surface area contributed by atoms with Crippen LogP contribution in [0.5, 0.6) is 5.88 Å². The van der Waals surface area contributed by atoms with Crippen LogP contribution >= 0.6 is 0 Å². The summed E-state index contributed by atoms with van der Waals surface area (Å²) < 4.78 is 5.62. The molecule has 0 radical (unpaired) electrons. The van der Waals surface area contributed by atoms with Gasteiger partial charge < -0.3 is 19.6 Å². The molecule has 0 saturated carbocycles. The smallest absolute Gasteiger partial charge is 0.407 e. The molecule has 2 bridgehead atoms. The van der Waals surface area contributed by atoms with Crippen LogP contribution in [0.2, 0.25) is 0 Å². The number of anilines is 1. The molecule has 0 aliphatic carbocycles. The van der Waals surface area contributed by atoms with Crippen molar-refractivity contribution < 1.29 is 14.6 Å². The van der Waals surface area contributed by atoms with E-state index in [2.05, 4.69) is 28.7 Å². The molecule has 0 unspecified atom stereocenters. The minimum atomic E-state index is -0.828. The first-order chi connectivity index (χ1) is 10.0. The number of piperazine rings is 1. The topological polar surface area (TPSA) is 78.8 Å². The molecule has 21 heavy (non-hydrogen) atoms. The van der Waals surface area contributed by atoms with Gasteiger partial charge in [0.25, 0.3) is 0 Å². The molecule has 1 N–H and O–H groups in total. The molecule has 2 atom stereocenters. The Kier molecular flexibility index (Phi) is 3.57. The third-order valence-corrected chi connectivity index (χ3v) is 3.97. The van der Waals surface area contributed by atoms with Gasteiger partial charge in [0.2, 0.25) is 5.88 Å². The van der Waals surface area contributed by atoms with Crippen molar-refractivity contribution in [3.63, 3.8) is 0 Å². The molecule has 2 aliphatic rings. The zero-order valence-corrected chi connectivity index (χ0v) is 12.3. The zero-order chi connectivity index (χ0) is 15.0. The van der Waals surface area contributed by atoms with Gasteiger partial charge in [-0.1, -0.05) is 13.8 Å². The molecule has 2 fully saturated rings. The molecule has 1 amide bonds. The molecule has 7 heteroatoms. The number of hydrogen-bond acceptors (Lipinski definition) is 5. The van der Waals surface area contributed by atoms with Crippen LogP contribution in [0, 0.1) is 5.92 Å². The van der Waals surface area contributed by atoms with Crippen LogP contribution in [0.4, 0.5) is 10.6 Å². The van der Waals surface area contributed by atoms with E-state index in [4.69, 9.17) is 9.84 Å². The number of aromatic nitrogens is 2. The maximum atomic E-state index is 11.1. The summed E-state index contributed by atoms with van der Waals surface area (Å²) in [6.07, 6.45) is 1.55. The fraction of sp³-hybridized carbons (Fsp3) is 0.643. The van der Waals surface area contributed by atoms with Crippen molar-refractivity contribution in [2.24, 2.45) is 5.92 Å². The second-order valence-corrected chi connectivity index (χ2v) is 6.05. The van der Waals surface area contributed by atoms with Crippen molar-refractivity contribution in [2.75, 3.05) is 24.6 Å². The van der Waals surface area contributed by atoms with E-state index in [1.807, 2.05) is 6.07 Å². The predicted octanol–water partition coefficient (Wildman–Crippen LogP) is 1.45. The highest BCUT2D eigenvalue weighted by Crippen LogP contribution is 2.34. The molecule has 3 rings (SSSR count). The van der Waals surface area contributed by atoms with E-state index < -0.39 is 6.09 Å². The lowest BCUT2D eigenvalue weighted by Gasteiger charge is -2.33. The summed E-state index contributed by atoms with van der Waals surface area (Å²) in [5, 5.41) is 9.12. The molecular weight excluding hydrogens is 272 g/mol. The van der Waals surface area contributed by atoms with E-state index in [1.54, 1.807) is 0 Å². The van der Waals surface area contributed by atoms with E-state index in [-0.39, 0.29) is 12.1 Å². The maximum Gasteiger partial charge on any atom is 0.407 e. The molecule has 2 aliphatic heterocycles. The average Bonchev–Trinajstić information content (AvgIpc) is 3.05. The summed E-state index contributed by atoms with van der Waals surface area (Å²) in [6.45, 7) is 6.03. The van der Waals surface area contributed by atoms with Gasteiger partial charge in [-0.2, -0.15) is 0 Å². The number of hydrogen-bond donors (Lipinski definition) is 1. The van der Waals surface area contributed by atoms with Crippen LogP contribution in [-0.4, -0.2) is 57.8 Å². The molecule has 3 heterocycles. The molecule has 0 aromatic carbocycles. The van der Waals surface area contributed by atoms with Crippen LogP contribution in [0.15, 0.2) is 12.4 Å². The Hall–Kier alpha value is -2.05. The summed E-state index contributed by atoms with van der Waals surface area (Å²) in [6, 6.07) is 2.12. The summed E-state index contributed by atoms with van der Waals surface area (Å²) in [4.78, 5) is 23.2. The number of carbonyl (C=O) groups is 1. The summed E-state index contributed by atoms with van der Waals surface area (Å²) in [7, 11) is 0. The quantitative estimate of drug-likeness (QED) is 0.905. The lowest BCUT2D eigenvalue weighted by atomic mass is 10.2. The number of ether oxygens (including phenoxy) is 1. The van der Waals surface area contributed by atoms with Gasteiger partial charge in [-0.15, -0.1) is 0 Å². The van der Waals surface area contributed by atoms with Gasteiger partial charge in [0.05, 0.1) is 18.7 Å². The second kappa shape index (κ2) is 5.38. The number of nitrogens with zero attached hydrogens (tertiary/aromatic N) is 4. The third-order valence-electron chi connectivity index (χ3n) is 3.97. The summed E-state index contributed by atoms with van der Waals surface area (Å²) >= 11 is 0. The number of fused-ring (bicyclic) bond motifs is 2. The van der Waals surface area contributed by atoms with E-state index in [9.17, 15) is 4.79 Å². The predicted molar refractivity (Wildman–Crippen MR) is 76.6 cm³/mol. The number of rotatable bonds is 4. The first-order valence-corrected chi connectivity index (χ1v) is 7.25. The maximum absolute atomic E-state index is 11.1. The minimum absolute atomic E-state index is 0.0718. The normalized spacial score (nSPS) is 24.0. The minimum Gasteiger partial charge on any atom is -0.477 e. The largest absolute Gasteiger partial charge is 0.477 e. The van der Waals surface area contributed by atoms with Crippen molar-refractivity contribution in [1.82, 2.24) is 14.9 Å². The molecule has 1 aromatic heterocycles. The second-order valence-electron chi connectivity index (χ2n) is 6.05. The summed E-state index contributed by atoms with van der Waals surface area (Å²) in [5.74, 6) is 1.84. The Bertz CT molecular complexity index is 537. The highest BCUT2D eigenvalue weighted by atomic mass is 16.5. The lowest BCUT2D eigenvalue weighted by molar-refractivity contribution is 0.137. The Balaban J connectivity index is 1.69. The van der Waals surface area contributed by atoms with Crippen LogP contribution in [-0.2, 0) is 0 Å². The number of carboxylic acid groups (broad SMARTS) is 1. The molecule has 7 nitrogen and oxygen atoms in total. The molecule has 0 spiro atoms. The van der Waals surface area contributed by atoms with Gasteiger partial charge in [-0.3, -0.25) is 0 Å². The fourth-order valence-electron chi connectivity index (χ4n) is 3.00. The molecule has 114 valence electrons. The van der Waals surface area contributed by atoms with E-state index in [0.29, 0.717) is 31.5 Å². The van der Waals surface area contributed by atoms with Crippen LogP contribution in [0.3, 0.4) is 0 Å². The monoisotopic (exact) mass is 292 g/mol. The number of amides is 1. The highest BCUT2D eigenvalue weighted by molar-refractivity contribution is 5.67. The van der Waals surface area contributed by atoms with Crippen molar-refractivity contribution in [2.45, 2.75) is 32.4 Å². The van der Waals surface area contributed by atoms with Crippen LogP contribution < -0.4 is 9.64 Å². The first kappa shape index (κ1) is 13.9. The number of likely N-dealkylation sites (tertiary alicyclic amines) is 1. The van der Waals surface area contributed by atoms with E-state index >= 15 is 0 Å². The van der Waals surface area contributed by atoms with Gasteiger partial charge in [-0.05, 0) is 12.3 Å². The Morgan fingerprint density at radius 3 is 2.86 bits per heavy atom. The van der Waals surface area contributed by atoms with Crippen molar-refractivity contribution in [3.05, 3.63) is 12.4 Å². The van der Waals surface area contributed by atoms with Crippen molar-refractivity contribution in [1.29, 1.82) is 0 Å². The molecular formula is C14H20N4O3. The fourth-order valence-corrected chi connectivity index (χ4v) is 3.00. The standard InChI is InChI=1S/C14H20N4O3/c1-9(2)7-21-13-4-12(15-8-16-13)17-5-11-3-10(17)6-18(11)14(19)20/h4,8-11H,3,5-7H2,1-2H3,(H,19,20)/t10-,11-/m0/s1. The van der Waals surface area contributed by atoms with Gasteiger partial charge >= 0.3 is 6.09 Å². The van der Waals surface area contributed by atoms with Crippen molar-refractivity contribution in [3.8, 4) is 5.88 Å². The van der Waals surface area contributed by atoms with Crippen LogP contribution in [0.25, 0.3) is 0 Å². The Morgan fingerprint density at radius 2 is 2.24 bits per heavy atom. The van der Waals surface area contributed by atoms with Crippen molar-refractivity contribution >= 4 is 11.9 Å². The summed E-state index contributed by atoms with van der Waals surface area (Å²) in [5.41, 5.74) is 0. The molecule has 2 saturated heterocycles. The Labute approximate surface area is 123 Å². The van der Waals surface area contributed by atoms with Gasteiger partial charge in [0, 0.05) is 19.2 Å². The van der Waals surface area contributed by atoms with Gasteiger partial charge in [-0.25, -0.2) is 14.8 Å². The molecule has 1 aromatic rings. The SMILES string of the molecule is CC(C)COc1cc(N2C[C@@H]3C[C@H]2CN3C(=O)O)ncn1. The average molecular weight is 292 g/mol. The first-order valence-electron chi connectivity index (χ1n) is 7.25. The third kappa shape index (κ3) is 2.72. The Morgan fingerprint density at radius 1 is 1.43 bits per heavy atom. The van der Waals surface area contributed by atoms with E-state index in [1.165, 1.54) is 11.2 Å². The zero-order valence-electron chi connectivity index (χ0n) is 12.3. The van der Waals surface area contributed by atoms with E-state index in [0.717, 1.165) is 12.2 Å².